The lowest BCUT2D eigenvalue weighted by molar-refractivity contribution is 0.0681. The fourth-order valence-corrected chi connectivity index (χ4v) is 1.62. The average Bonchev–Trinajstić information content (AvgIpc) is 2.08. The SMILES string of the molecule is O=C(O)c1c(C(F)F)ncc(Br)c1Br. The molecule has 1 rings (SSSR count). The Morgan fingerprint density at radius 2 is 2.07 bits per heavy atom. The zero-order valence-electron chi connectivity index (χ0n) is 6.47. The summed E-state index contributed by atoms with van der Waals surface area (Å²) in [6.07, 6.45) is -1.79. The summed E-state index contributed by atoms with van der Waals surface area (Å²) < 4.78 is 25.1. The van der Waals surface area contributed by atoms with E-state index in [0.717, 1.165) is 6.20 Å². The summed E-state index contributed by atoms with van der Waals surface area (Å²) in [5.74, 6) is -1.44. The van der Waals surface area contributed by atoms with E-state index in [1.165, 1.54) is 0 Å². The van der Waals surface area contributed by atoms with Gasteiger partial charge in [-0.2, -0.15) is 0 Å². The fraction of sp³-hybridized carbons (Fsp3) is 0.143. The number of pyridine rings is 1. The average molecular weight is 331 g/mol. The molecule has 0 aliphatic carbocycles. The molecular weight excluding hydrogens is 328 g/mol. The second-order valence-corrected chi connectivity index (χ2v) is 3.93. The van der Waals surface area contributed by atoms with Crippen LogP contribution in [0.15, 0.2) is 15.1 Å². The summed E-state index contributed by atoms with van der Waals surface area (Å²) in [5, 5.41) is 8.70. The molecule has 0 radical (unpaired) electrons. The molecule has 76 valence electrons. The van der Waals surface area contributed by atoms with Crippen molar-refractivity contribution in [1.29, 1.82) is 0 Å². The molecule has 1 aromatic heterocycles. The number of carbonyl (C=O) groups is 1. The highest BCUT2D eigenvalue weighted by Gasteiger charge is 2.23. The Hall–Kier alpha value is -0.560. The molecule has 1 N–H and O–H groups in total. The van der Waals surface area contributed by atoms with Crippen LogP contribution < -0.4 is 0 Å². The van der Waals surface area contributed by atoms with Crippen LogP contribution in [-0.2, 0) is 0 Å². The minimum absolute atomic E-state index is 0.0651. The van der Waals surface area contributed by atoms with Gasteiger partial charge in [0, 0.05) is 10.7 Å². The lowest BCUT2D eigenvalue weighted by Gasteiger charge is -2.06. The van der Waals surface area contributed by atoms with Gasteiger partial charge in [0.1, 0.15) is 11.3 Å². The highest BCUT2D eigenvalue weighted by Crippen LogP contribution is 2.31. The van der Waals surface area contributed by atoms with Gasteiger partial charge in [0.05, 0.1) is 4.47 Å². The normalized spacial score (nSPS) is 10.6. The van der Waals surface area contributed by atoms with Crippen molar-refractivity contribution in [2.45, 2.75) is 6.43 Å². The molecule has 0 aliphatic heterocycles. The molecule has 0 atom stereocenters. The summed E-state index contributed by atoms with van der Waals surface area (Å²) in [5.41, 5.74) is -1.26. The van der Waals surface area contributed by atoms with Crippen molar-refractivity contribution in [1.82, 2.24) is 4.98 Å². The van der Waals surface area contributed by atoms with Gasteiger partial charge in [0.15, 0.2) is 0 Å². The van der Waals surface area contributed by atoms with E-state index in [1.807, 2.05) is 0 Å². The molecule has 0 bridgehead atoms. The van der Waals surface area contributed by atoms with Crippen LogP contribution in [0, 0.1) is 0 Å². The largest absolute Gasteiger partial charge is 0.478 e. The monoisotopic (exact) mass is 329 g/mol. The maximum absolute atomic E-state index is 12.3. The summed E-state index contributed by atoms with van der Waals surface area (Å²) in [6.45, 7) is 0. The summed E-state index contributed by atoms with van der Waals surface area (Å²) in [7, 11) is 0. The summed E-state index contributed by atoms with van der Waals surface area (Å²) >= 11 is 5.88. The molecule has 0 saturated carbocycles. The van der Waals surface area contributed by atoms with Gasteiger partial charge in [-0.3, -0.25) is 4.98 Å². The molecule has 14 heavy (non-hydrogen) atoms. The lowest BCUT2D eigenvalue weighted by Crippen LogP contribution is -2.07. The molecule has 0 amide bonds. The third-order valence-corrected chi connectivity index (χ3v) is 3.38. The Balaban J connectivity index is 3.45. The predicted molar refractivity (Wildman–Crippen MR) is 51.6 cm³/mol. The van der Waals surface area contributed by atoms with E-state index >= 15 is 0 Å². The topological polar surface area (TPSA) is 50.2 Å². The van der Waals surface area contributed by atoms with E-state index < -0.39 is 23.7 Å². The Morgan fingerprint density at radius 1 is 1.50 bits per heavy atom. The Kier molecular flexibility index (Phi) is 3.54. The smallest absolute Gasteiger partial charge is 0.338 e. The molecule has 0 aromatic carbocycles. The van der Waals surface area contributed by atoms with Crippen LogP contribution in [0.1, 0.15) is 22.5 Å². The van der Waals surface area contributed by atoms with Gasteiger partial charge in [-0.25, -0.2) is 13.6 Å². The van der Waals surface area contributed by atoms with Crippen LogP contribution in [-0.4, -0.2) is 16.1 Å². The number of hydrogen-bond acceptors (Lipinski definition) is 2. The predicted octanol–water partition coefficient (Wildman–Crippen LogP) is 3.24. The number of alkyl halides is 2. The van der Waals surface area contributed by atoms with E-state index in [1.54, 1.807) is 0 Å². The number of rotatable bonds is 2. The van der Waals surface area contributed by atoms with Gasteiger partial charge in [0.2, 0.25) is 0 Å². The number of carboxylic acids is 1. The molecule has 0 saturated heterocycles. The second kappa shape index (κ2) is 4.31. The van der Waals surface area contributed by atoms with Gasteiger partial charge in [0.25, 0.3) is 6.43 Å². The first-order chi connectivity index (χ1) is 6.45. The number of hydrogen-bond donors (Lipinski definition) is 1. The lowest BCUT2D eigenvalue weighted by atomic mass is 10.2. The Bertz CT molecular complexity index is 384. The Morgan fingerprint density at radius 3 is 2.50 bits per heavy atom. The van der Waals surface area contributed by atoms with Crippen molar-refractivity contribution in [2.24, 2.45) is 0 Å². The van der Waals surface area contributed by atoms with Crippen LogP contribution in [0.25, 0.3) is 0 Å². The third kappa shape index (κ3) is 2.09. The van der Waals surface area contributed by atoms with Crippen molar-refractivity contribution in [3.8, 4) is 0 Å². The summed E-state index contributed by atoms with van der Waals surface area (Å²) in [6, 6.07) is 0. The zero-order chi connectivity index (χ0) is 10.9. The molecule has 0 aliphatic rings. The van der Waals surface area contributed by atoms with Crippen molar-refractivity contribution in [3.63, 3.8) is 0 Å². The number of aromatic nitrogens is 1. The van der Waals surface area contributed by atoms with Gasteiger partial charge in [-0.1, -0.05) is 0 Å². The molecule has 0 unspecified atom stereocenters. The van der Waals surface area contributed by atoms with E-state index in [0.29, 0.717) is 4.47 Å². The van der Waals surface area contributed by atoms with Crippen LogP contribution in [0.4, 0.5) is 8.78 Å². The van der Waals surface area contributed by atoms with E-state index in [-0.39, 0.29) is 4.47 Å². The minimum atomic E-state index is -2.91. The molecule has 0 fully saturated rings. The molecular formula is C7H3Br2F2NO2. The first-order valence-corrected chi connectivity index (χ1v) is 4.89. The number of carboxylic acid groups (broad SMARTS) is 1. The van der Waals surface area contributed by atoms with E-state index in [2.05, 4.69) is 36.8 Å². The maximum atomic E-state index is 12.3. The van der Waals surface area contributed by atoms with Crippen LogP contribution in [0.2, 0.25) is 0 Å². The van der Waals surface area contributed by atoms with E-state index in [9.17, 15) is 13.6 Å². The molecule has 1 heterocycles. The zero-order valence-corrected chi connectivity index (χ0v) is 9.64. The molecule has 0 spiro atoms. The number of nitrogens with zero attached hydrogens (tertiary/aromatic N) is 1. The van der Waals surface area contributed by atoms with Crippen LogP contribution >= 0.6 is 31.9 Å². The minimum Gasteiger partial charge on any atom is -0.478 e. The summed E-state index contributed by atoms with van der Waals surface area (Å²) in [4.78, 5) is 14.0. The quantitative estimate of drug-likeness (QED) is 0.905. The van der Waals surface area contributed by atoms with Crippen molar-refractivity contribution in [2.75, 3.05) is 0 Å². The standard InChI is InChI=1S/C7H3Br2F2NO2/c8-2-1-12-5(6(10)11)3(4(2)9)7(13)14/h1,6H,(H,13,14). The number of aromatic carboxylic acids is 1. The molecule has 1 aromatic rings. The van der Waals surface area contributed by atoms with Gasteiger partial charge >= 0.3 is 5.97 Å². The van der Waals surface area contributed by atoms with Gasteiger partial charge in [-0.05, 0) is 31.9 Å². The highest BCUT2D eigenvalue weighted by atomic mass is 79.9. The van der Waals surface area contributed by atoms with Crippen molar-refractivity contribution in [3.05, 3.63) is 26.4 Å². The van der Waals surface area contributed by atoms with Crippen molar-refractivity contribution >= 4 is 37.8 Å². The first-order valence-electron chi connectivity index (χ1n) is 3.30. The van der Waals surface area contributed by atoms with Crippen LogP contribution in [0.3, 0.4) is 0 Å². The second-order valence-electron chi connectivity index (χ2n) is 2.29. The molecule has 3 nitrogen and oxygen atoms in total. The Labute approximate surface area is 94.4 Å². The first kappa shape index (κ1) is 11.5. The highest BCUT2D eigenvalue weighted by molar-refractivity contribution is 9.13. The van der Waals surface area contributed by atoms with Crippen molar-refractivity contribution < 1.29 is 18.7 Å². The van der Waals surface area contributed by atoms with Crippen LogP contribution in [0.5, 0.6) is 0 Å². The van der Waals surface area contributed by atoms with E-state index in [4.69, 9.17) is 5.11 Å². The number of halogens is 4. The maximum Gasteiger partial charge on any atom is 0.338 e. The third-order valence-electron chi connectivity index (χ3n) is 1.42. The van der Waals surface area contributed by atoms with Gasteiger partial charge in [-0.15, -0.1) is 0 Å². The van der Waals surface area contributed by atoms with Gasteiger partial charge < -0.3 is 5.11 Å². The molecule has 7 heteroatoms. The fourth-order valence-electron chi connectivity index (χ4n) is 0.848.